The molecule has 1 amide bonds. The van der Waals surface area contributed by atoms with E-state index in [4.69, 9.17) is 14.2 Å². The minimum atomic E-state index is -1.01. The van der Waals surface area contributed by atoms with Crippen molar-refractivity contribution in [2.24, 2.45) is 0 Å². The predicted octanol–water partition coefficient (Wildman–Crippen LogP) is 8.53. The Morgan fingerprint density at radius 2 is 1.68 bits per heavy atom. The molecule has 0 radical (unpaired) electrons. The van der Waals surface area contributed by atoms with Crippen LogP contribution in [0.3, 0.4) is 0 Å². The SMILES string of the molecule is CCCCOc1ccc(C2/C(=C(\O)c3ccc(OCc4ccccc4C)cc3)C(=O)C(=O)N2c2nnc(SCc3ccccc3)s2)cc1OC. The Morgan fingerprint density at radius 1 is 0.920 bits per heavy atom. The van der Waals surface area contributed by atoms with Gasteiger partial charge in [0.25, 0.3) is 5.78 Å². The summed E-state index contributed by atoms with van der Waals surface area (Å²) >= 11 is 2.70. The number of anilines is 1. The highest BCUT2D eigenvalue weighted by Crippen LogP contribution is 2.45. The van der Waals surface area contributed by atoms with Gasteiger partial charge in [0.2, 0.25) is 5.13 Å². The molecule has 1 aliphatic rings. The van der Waals surface area contributed by atoms with Crippen LogP contribution in [0.15, 0.2) is 107 Å². The van der Waals surface area contributed by atoms with E-state index in [1.807, 2.05) is 61.5 Å². The second-order valence-corrected chi connectivity index (χ2v) is 13.8. The highest BCUT2D eigenvalue weighted by Gasteiger charge is 2.48. The van der Waals surface area contributed by atoms with Gasteiger partial charge >= 0.3 is 5.91 Å². The zero-order valence-electron chi connectivity index (χ0n) is 28.0. The maximum absolute atomic E-state index is 13.8. The first-order chi connectivity index (χ1) is 24.4. The van der Waals surface area contributed by atoms with E-state index in [1.165, 1.54) is 35.1 Å². The van der Waals surface area contributed by atoms with E-state index >= 15 is 0 Å². The lowest BCUT2D eigenvalue weighted by Crippen LogP contribution is -2.29. The van der Waals surface area contributed by atoms with Gasteiger partial charge in [-0.2, -0.15) is 0 Å². The van der Waals surface area contributed by atoms with Crippen LogP contribution in [0.25, 0.3) is 5.76 Å². The fourth-order valence-corrected chi connectivity index (χ4v) is 7.34. The minimum Gasteiger partial charge on any atom is -0.507 e. The number of aliphatic hydroxyl groups excluding tert-OH is 1. The number of hydrogen-bond acceptors (Lipinski definition) is 10. The predicted molar refractivity (Wildman–Crippen MR) is 196 cm³/mol. The molecule has 50 heavy (non-hydrogen) atoms. The van der Waals surface area contributed by atoms with Gasteiger partial charge in [0.05, 0.1) is 25.3 Å². The Hall–Kier alpha value is -5.13. The van der Waals surface area contributed by atoms with Crippen LogP contribution < -0.4 is 19.1 Å². The molecule has 1 aliphatic heterocycles. The van der Waals surface area contributed by atoms with Gasteiger partial charge in [-0.15, -0.1) is 10.2 Å². The summed E-state index contributed by atoms with van der Waals surface area (Å²) in [5.74, 6) is 0.288. The van der Waals surface area contributed by atoms with Crippen molar-refractivity contribution in [3.05, 3.63) is 130 Å². The van der Waals surface area contributed by atoms with Crippen LogP contribution in [0, 0.1) is 6.92 Å². The molecule has 2 heterocycles. The lowest BCUT2D eigenvalue weighted by molar-refractivity contribution is -0.132. The van der Waals surface area contributed by atoms with Crippen LogP contribution in [0.4, 0.5) is 5.13 Å². The van der Waals surface area contributed by atoms with E-state index < -0.39 is 17.7 Å². The Balaban J connectivity index is 1.34. The van der Waals surface area contributed by atoms with Gasteiger partial charge in [0, 0.05) is 11.3 Å². The Bertz CT molecular complexity index is 1990. The highest BCUT2D eigenvalue weighted by atomic mass is 32.2. The second-order valence-electron chi connectivity index (χ2n) is 11.6. The molecule has 0 saturated carbocycles. The first kappa shape index (κ1) is 34.7. The van der Waals surface area contributed by atoms with Crippen LogP contribution in [-0.4, -0.2) is 40.7 Å². The van der Waals surface area contributed by atoms with Crippen molar-refractivity contribution in [1.82, 2.24) is 10.2 Å². The molecule has 9 nitrogen and oxygen atoms in total. The van der Waals surface area contributed by atoms with Crippen molar-refractivity contribution in [2.75, 3.05) is 18.6 Å². The van der Waals surface area contributed by atoms with E-state index in [0.717, 1.165) is 29.5 Å². The molecule has 1 aromatic heterocycles. The average molecular weight is 708 g/mol. The number of ether oxygens (including phenoxy) is 3. The molecule has 0 bridgehead atoms. The number of benzene rings is 4. The van der Waals surface area contributed by atoms with Gasteiger partial charge in [-0.25, -0.2) is 0 Å². The summed E-state index contributed by atoms with van der Waals surface area (Å²) < 4.78 is 18.2. The zero-order chi connectivity index (χ0) is 35.0. The largest absolute Gasteiger partial charge is 0.507 e. The molecule has 5 aromatic rings. The van der Waals surface area contributed by atoms with Crippen LogP contribution in [0.2, 0.25) is 0 Å². The van der Waals surface area contributed by atoms with Gasteiger partial charge in [0.1, 0.15) is 18.1 Å². The Morgan fingerprint density at radius 3 is 2.42 bits per heavy atom. The average Bonchev–Trinajstić information content (AvgIpc) is 3.72. The summed E-state index contributed by atoms with van der Waals surface area (Å²) in [6.07, 6.45) is 1.85. The molecule has 11 heteroatoms. The normalized spacial score (nSPS) is 15.3. The molecule has 4 aromatic carbocycles. The van der Waals surface area contributed by atoms with Crippen molar-refractivity contribution < 1.29 is 28.9 Å². The third kappa shape index (κ3) is 7.69. The zero-order valence-corrected chi connectivity index (χ0v) is 29.6. The van der Waals surface area contributed by atoms with Gasteiger partial charge in [-0.1, -0.05) is 97.1 Å². The number of aryl methyl sites for hydroxylation is 1. The van der Waals surface area contributed by atoms with E-state index in [9.17, 15) is 14.7 Å². The van der Waals surface area contributed by atoms with E-state index in [1.54, 1.807) is 42.5 Å². The molecule has 0 aliphatic carbocycles. The summed E-state index contributed by atoms with van der Waals surface area (Å²) in [6, 6.07) is 29.0. The van der Waals surface area contributed by atoms with Crippen molar-refractivity contribution >= 4 is 45.7 Å². The second kappa shape index (κ2) is 16.1. The summed E-state index contributed by atoms with van der Waals surface area (Å²) in [5, 5.41) is 20.6. The maximum Gasteiger partial charge on any atom is 0.301 e. The van der Waals surface area contributed by atoms with Gasteiger partial charge in [-0.3, -0.25) is 14.5 Å². The van der Waals surface area contributed by atoms with Crippen LogP contribution in [-0.2, 0) is 21.9 Å². The summed E-state index contributed by atoms with van der Waals surface area (Å²) in [7, 11) is 1.53. The van der Waals surface area contributed by atoms with Gasteiger partial charge in [0.15, 0.2) is 15.8 Å². The number of amides is 1. The van der Waals surface area contributed by atoms with Crippen LogP contribution in [0.1, 0.15) is 53.6 Å². The summed E-state index contributed by atoms with van der Waals surface area (Å²) in [5.41, 5.74) is 4.14. The molecular formula is C39H37N3O6S2. The standard InChI is InChI=1S/C39H37N3O6S2/c1-4-5-21-47-31-20-17-28(22-32(31)46-3)34-33(35(43)27-15-18-30(19-16-27)48-23-29-14-10-9-11-25(29)2)36(44)37(45)42(34)38-40-41-39(50-38)49-24-26-12-7-6-8-13-26/h6-20,22,34,43H,4-5,21,23-24H2,1-3H3/b35-33+. The third-order valence-corrected chi connectivity index (χ3v) is 10.4. The number of carbonyl (C=O) groups is 2. The number of carbonyl (C=O) groups excluding carboxylic acids is 2. The Kier molecular flexibility index (Phi) is 11.1. The topological polar surface area (TPSA) is 111 Å². The lowest BCUT2D eigenvalue weighted by atomic mass is 9.95. The number of methoxy groups -OCH3 is 1. The molecule has 6 rings (SSSR count). The number of ketones is 1. The van der Waals surface area contributed by atoms with Crippen molar-refractivity contribution in [3.8, 4) is 17.2 Å². The minimum absolute atomic E-state index is 0.0704. The van der Waals surface area contributed by atoms with Crippen molar-refractivity contribution in [3.63, 3.8) is 0 Å². The number of unbranched alkanes of at least 4 members (excludes halogenated alkanes) is 1. The molecule has 0 spiro atoms. The molecule has 1 saturated heterocycles. The number of Topliss-reactive ketones (excluding diaryl/α,β-unsaturated/α-hetero) is 1. The first-order valence-electron chi connectivity index (χ1n) is 16.3. The first-order valence-corrected chi connectivity index (χ1v) is 18.1. The highest BCUT2D eigenvalue weighted by molar-refractivity contribution is 8.00. The quantitative estimate of drug-likeness (QED) is 0.0303. The number of nitrogens with zero attached hydrogens (tertiary/aromatic N) is 3. The molecule has 256 valence electrons. The van der Waals surface area contributed by atoms with E-state index in [0.29, 0.717) is 51.7 Å². The van der Waals surface area contributed by atoms with Crippen LogP contribution >= 0.6 is 23.1 Å². The molecular weight excluding hydrogens is 671 g/mol. The molecule has 1 fully saturated rings. The monoisotopic (exact) mass is 707 g/mol. The van der Waals surface area contributed by atoms with Crippen LogP contribution in [0.5, 0.6) is 17.2 Å². The van der Waals surface area contributed by atoms with Crippen molar-refractivity contribution in [2.45, 2.75) is 49.4 Å². The summed E-state index contributed by atoms with van der Waals surface area (Å²) in [4.78, 5) is 28.9. The van der Waals surface area contributed by atoms with E-state index in [2.05, 4.69) is 17.1 Å². The number of aromatic nitrogens is 2. The number of hydrogen-bond donors (Lipinski definition) is 1. The molecule has 1 N–H and O–H groups in total. The third-order valence-electron chi connectivity index (χ3n) is 8.29. The number of rotatable bonds is 14. The summed E-state index contributed by atoms with van der Waals surface area (Å²) in [6.45, 7) is 5.01. The molecule has 1 atom stereocenters. The van der Waals surface area contributed by atoms with Crippen molar-refractivity contribution in [1.29, 1.82) is 0 Å². The molecule has 1 unspecified atom stereocenters. The van der Waals surface area contributed by atoms with E-state index in [-0.39, 0.29) is 16.5 Å². The number of thioether (sulfide) groups is 1. The number of aliphatic hydroxyl groups is 1. The smallest absolute Gasteiger partial charge is 0.301 e. The fraction of sp³-hybridized carbons (Fsp3) is 0.231. The lowest BCUT2D eigenvalue weighted by Gasteiger charge is -2.23. The van der Waals surface area contributed by atoms with Gasteiger partial charge < -0.3 is 19.3 Å². The Labute approximate surface area is 299 Å². The fourth-order valence-electron chi connectivity index (χ4n) is 5.52. The van der Waals surface area contributed by atoms with Gasteiger partial charge in [-0.05, 0) is 72.0 Å². The maximum atomic E-state index is 13.8.